The van der Waals surface area contributed by atoms with Crippen LogP contribution in [0.3, 0.4) is 0 Å². The van der Waals surface area contributed by atoms with Gasteiger partial charge in [-0.2, -0.15) is 0 Å². The maximum Gasteiger partial charge on any atom is 0.0222 e. The highest BCUT2D eigenvalue weighted by Crippen LogP contribution is 2.12. The fraction of sp³-hybridized carbons (Fsp3) is 0.800. The molecule has 0 saturated carbocycles. The van der Waals surface area contributed by atoms with Crippen LogP contribution in [0.1, 0.15) is 40.5 Å². The molecule has 0 aromatic carbocycles. The van der Waals surface area contributed by atoms with Crippen molar-refractivity contribution in [3.63, 3.8) is 0 Å². The second kappa shape index (κ2) is 5.36. The van der Waals surface area contributed by atoms with Crippen molar-refractivity contribution >= 4 is 0 Å². The standard InChI is InChI=1S/C10H21N/c1-5-10(6-2)7-8(3)9(4)11/h7,9-10H,5-6,11H2,1-4H3/b8-7-. The van der Waals surface area contributed by atoms with Gasteiger partial charge in [0.1, 0.15) is 0 Å². The minimum atomic E-state index is 0.218. The Bertz CT molecular complexity index is 121. The average molecular weight is 155 g/mol. The quantitative estimate of drug-likeness (QED) is 0.621. The second-order valence-corrected chi connectivity index (χ2v) is 3.28. The zero-order valence-corrected chi connectivity index (χ0v) is 8.22. The third kappa shape index (κ3) is 4.20. The van der Waals surface area contributed by atoms with Crippen molar-refractivity contribution < 1.29 is 0 Å². The molecule has 1 heteroatoms. The van der Waals surface area contributed by atoms with E-state index in [1.807, 2.05) is 6.92 Å². The summed E-state index contributed by atoms with van der Waals surface area (Å²) in [6, 6.07) is 0.218. The Morgan fingerprint density at radius 2 is 1.82 bits per heavy atom. The normalized spacial score (nSPS) is 15.6. The lowest BCUT2D eigenvalue weighted by Gasteiger charge is -2.11. The maximum atomic E-state index is 5.73. The summed E-state index contributed by atoms with van der Waals surface area (Å²) in [6.07, 6.45) is 4.76. The topological polar surface area (TPSA) is 26.0 Å². The molecule has 0 spiro atoms. The zero-order chi connectivity index (χ0) is 8.85. The molecule has 0 amide bonds. The van der Waals surface area contributed by atoms with Crippen LogP contribution in [0.5, 0.6) is 0 Å². The molecule has 0 aromatic heterocycles. The van der Waals surface area contributed by atoms with Crippen molar-refractivity contribution in [3.05, 3.63) is 11.6 Å². The Labute approximate surface area is 70.7 Å². The van der Waals surface area contributed by atoms with Crippen LogP contribution in [0.25, 0.3) is 0 Å². The number of hydrogen-bond donors (Lipinski definition) is 1. The molecule has 1 atom stereocenters. The first-order chi connectivity index (χ1) is 5.11. The van der Waals surface area contributed by atoms with E-state index in [0.717, 1.165) is 5.92 Å². The van der Waals surface area contributed by atoms with Crippen LogP contribution in [0.4, 0.5) is 0 Å². The average Bonchev–Trinajstić information content (AvgIpc) is 1.99. The van der Waals surface area contributed by atoms with Gasteiger partial charge in [-0.15, -0.1) is 0 Å². The molecule has 0 heterocycles. The molecule has 0 aliphatic rings. The van der Waals surface area contributed by atoms with Crippen LogP contribution in [-0.4, -0.2) is 6.04 Å². The largest absolute Gasteiger partial charge is 0.324 e. The summed E-state index contributed by atoms with van der Waals surface area (Å²) in [5.74, 6) is 0.723. The summed E-state index contributed by atoms with van der Waals surface area (Å²) < 4.78 is 0. The van der Waals surface area contributed by atoms with Crippen LogP contribution in [0.15, 0.2) is 11.6 Å². The van der Waals surface area contributed by atoms with Crippen LogP contribution in [0.2, 0.25) is 0 Å². The Balaban J connectivity index is 4.03. The summed E-state index contributed by atoms with van der Waals surface area (Å²) in [5, 5.41) is 0. The molecule has 1 nitrogen and oxygen atoms in total. The highest BCUT2D eigenvalue weighted by atomic mass is 14.6. The molecular formula is C10H21N. The van der Waals surface area contributed by atoms with Gasteiger partial charge in [0.2, 0.25) is 0 Å². The van der Waals surface area contributed by atoms with E-state index in [-0.39, 0.29) is 6.04 Å². The van der Waals surface area contributed by atoms with Crippen molar-refractivity contribution in [3.8, 4) is 0 Å². The molecule has 0 fully saturated rings. The first-order valence-corrected chi connectivity index (χ1v) is 4.55. The van der Waals surface area contributed by atoms with Gasteiger partial charge < -0.3 is 5.73 Å². The Morgan fingerprint density at radius 3 is 2.09 bits per heavy atom. The van der Waals surface area contributed by atoms with Crippen LogP contribution in [-0.2, 0) is 0 Å². The van der Waals surface area contributed by atoms with Crippen molar-refractivity contribution in [1.29, 1.82) is 0 Å². The number of allylic oxidation sites excluding steroid dienone is 1. The van der Waals surface area contributed by atoms with E-state index in [2.05, 4.69) is 26.8 Å². The highest BCUT2D eigenvalue weighted by Gasteiger charge is 2.01. The number of nitrogens with two attached hydrogens (primary N) is 1. The first kappa shape index (κ1) is 10.7. The van der Waals surface area contributed by atoms with E-state index >= 15 is 0 Å². The number of hydrogen-bond acceptors (Lipinski definition) is 1. The molecule has 0 saturated heterocycles. The Morgan fingerprint density at radius 1 is 1.36 bits per heavy atom. The minimum absolute atomic E-state index is 0.218. The molecule has 0 bridgehead atoms. The molecule has 66 valence electrons. The van der Waals surface area contributed by atoms with Crippen LogP contribution in [0, 0.1) is 5.92 Å². The van der Waals surface area contributed by atoms with E-state index in [4.69, 9.17) is 5.73 Å². The summed E-state index contributed by atoms with van der Waals surface area (Å²) >= 11 is 0. The van der Waals surface area contributed by atoms with Gasteiger partial charge in [-0.25, -0.2) is 0 Å². The smallest absolute Gasteiger partial charge is 0.0222 e. The summed E-state index contributed by atoms with van der Waals surface area (Å²) in [4.78, 5) is 0. The van der Waals surface area contributed by atoms with Gasteiger partial charge in [0.05, 0.1) is 0 Å². The molecule has 0 aromatic rings. The SMILES string of the molecule is CCC(/C=C(/C)C(C)N)CC. The fourth-order valence-corrected chi connectivity index (χ4v) is 1.05. The van der Waals surface area contributed by atoms with E-state index in [9.17, 15) is 0 Å². The first-order valence-electron chi connectivity index (χ1n) is 4.55. The minimum Gasteiger partial charge on any atom is -0.324 e. The molecule has 1 unspecified atom stereocenters. The molecule has 11 heavy (non-hydrogen) atoms. The molecule has 0 aliphatic heterocycles. The van der Waals surface area contributed by atoms with Crippen molar-refractivity contribution in [2.45, 2.75) is 46.6 Å². The Hall–Kier alpha value is -0.300. The van der Waals surface area contributed by atoms with Gasteiger partial charge in [0.15, 0.2) is 0 Å². The lowest BCUT2D eigenvalue weighted by molar-refractivity contribution is 0.597. The number of rotatable bonds is 4. The van der Waals surface area contributed by atoms with E-state index < -0.39 is 0 Å². The van der Waals surface area contributed by atoms with Crippen molar-refractivity contribution in [1.82, 2.24) is 0 Å². The van der Waals surface area contributed by atoms with Gasteiger partial charge in [-0.3, -0.25) is 0 Å². The monoisotopic (exact) mass is 155 g/mol. The third-order valence-electron chi connectivity index (χ3n) is 2.27. The molecular weight excluding hydrogens is 134 g/mol. The lowest BCUT2D eigenvalue weighted by atomic mass is 9.98. The second-order valence-electron chi connectivity index (χ2n) is 3.28. The molecule has 0 aliphatic carbocycles. The molecule has 2 N–H and O–H groups in total. The van der Waals surface area contributed by atoms with Crippen molar-refractivity contribution in [2.24, 2.45) is 11.7 Å². The van der Waals surface area contributed by atoms with Gasteiger partial charge in [0, 0.05) is 6.04 Å². The molecule has 0 radical (unpaired) electrons. The van der Waals surface area contributed by atoms with Gasteiger partial charge in [0.25, 0.3) is 0 Å². The van der Waals surface area contributed by atoms with E-state index in [1.54, 1.807) is 0 Å². The predicted molar refractivity (Wildman–Crippen MR) is 51.5 cm³/mol. The highest BCUT2D eigenvalue weighted by molar-refractivity contribution is 5.06. The summed E-state index contributed by atoms with van der Waals surface area (Å²) in [5.41, 5.74) is 7.04. The fourth-order valence-electron chi connectivity index (χ4n) is 1.05. The van der Waals surface area contributed by atoms with Gasteiger partial charge in [-0.1, -0.05) is 25.5 Å². The van der Waals surface area contributed by atoms with E-state index in [1.165, 1.54) is 18.4 Å². The third-order valence-corrected chi connectivity index (χ3v) is 2.27. The molecule has 0 rings (SSSR count). The maximum absolute atomic E-state index is 5.73. The van der Waals surface area contributed by atoms with Gasteiger partial charge >= 0.3 is 0 Å². The zero-order valence-electron chi connectivity index (χ0n) is 8.22. The van der Waals surface area contributed by atoms with Crippen molar-refractivity contribution in [2.75, 3.05) is 0 Å². The summed E-state index contributed by atoms with van der Waals surface area (Å²) in [6.45, 7) is 8.59. The van der Waals surface area contributed by atoms with E-state index in [0.29, 0.717) is 0 Å². The van der Waals surface area contributed by atoms with Crippen LogP contribution < -0.4 is 5.73 Å². The lowest BCUT2D eigenvalue weighted by Crippen LogP contribution is -2.16. The van der Waals surface area contributed by atoms with Crippen LogP contribution >= 0.6 is 0 Å². The summed E-state index contributed by atoms with van der Waals surface area (Å²) in [7, 11) is 0. The Kier molecular flexibility index (Phi) is 5.22. The van der Waals surface area contributed by atoms with Gasteiger partial charge in [-0.05, 0) is 32.6 Å². The predicted octanol–water partition coefficient (Wildman–Crippen LogP) is 2.72.